The molecule has 0 spiro atoms. The van der Waals surface area contributed by atoms with E-state index >= 15 is 0 Å². The van der Waals surface area contributed by atoms with Gasteiger partial charge in [0.1, 0.15) is 0 Å². The van der Waals surface area contributed by atoms with E-state index in [2.05, 4.69) is 20.2 Å². The zero-order valence-corrected chi connectivity index (χ0v) is 15.2. The van der Waals surface area contributed by atoms with Crippen LogP contribution in [-0.4, -0.2) is 79.6 Å². The summed E-state index contributed by atoms with van der Waals surface area (Å²) in [4.78, 5) is 13.1. The molecule has 7 nitrogen and oxygen atoms in total. The van der Waals surface area contributed by atoms with Gasteiger partial charge in [-0.05, 0) is 25.7 Å². The molecule has 3 fully saturated rings. The molecule has 0 amide bonds. The van der Waals surface area contributed by atoms with Gasteiger partial charge in [0.2, 0.25) is 5.95 Å². The lowest BCUT2D eigenvalue weighted by Crippen LogP contribution is -2.46. The Kier molecular flexibility index (Phi) is 5.81. The standard InChI is InChI=1S/C18H28FN5O2/c19-16-13-20-18(22-17(16)24-7-11-26-12-8-24)21-14-1-5-23(6-2-14)15-3-9-25-10-4-15/h13-15H,1-12H2,(H,20,21,22). The average Bonchev–Trinajstić information content (AvgIpc) is 2.71. The van der Waals surface area contributed by atoms with Gasteiger partial charge >= 0.3 is 0 Å². The van der Waals surface area contributed by atoms with Crippen molar-refractivity contribution >= 4 is 11.8 Å². The molecule has 144 valence electrons. The van der Waals surface area contributed by atoms with Crippen LogP contribution in [0.5, 0.6) is 0 Å². The first kappa shape index (κ1) is 17.9. The van der Waals surface area contributed by atoms with Crippen molar-refractivity contribution in [1.82, 2.24) is 14.9 Å². The second kappa shape index (κ2) is 8.45. The average molecular weight is 365 g/mol. The number of aromatic nitrogens is 2. The lowest BCUT2D eigenvalue weighted by molar-refractivity contribution is 0.0262. The minimum atomic E-state index is -0.369. The third kappa shape index (κ3) is 4.24. The van der Waals surface area contributed by atoms with Crippen molar-refractivity contribution in [2.75, 3.05) is 62.8 Å². The smallest absolute Gasteiger partial charge is 0.225 e. The lowest BCUT2D eigenvalue weighted by atomic mass is 10.00. The number of hydrogen-bond acceptors (Lipinski definition) is 7. The monoisotopic (exact) mass is 365 g/mol. The second-order valence-corrected chi connectivity index (χ2v) is 7.26. The Morgan fingerprint density at radius 2 is 1.65 bits per heavy atom. The van der Waals surface area contributed by atoms with Gasteiger partial charge in [0.15, 0.2) is 11.6 Å². The summed E-state index contributed by atoms with van der Waals surface area (Å²) >= 11 is 0. The molecule has 0 aromatic carbocycles. The SMILES string of the molecule is Fc1cnc(NC2CCN(C3CCOCC3)CC2)nc1N1CCOCC1. The lowest BCUT2D eigenvalue weighted by Gasteiger charge is -2.39. The number of hydrogen-bond donors (Lipinski definition) is 1. The molecule has 0 aliphatic carbocycles. The molecular formula is C18H28FN5O2. The van der Waals surface area contributed by atoms with Crippen molar-refractivity contribution in [2.24, 2.45) is 0 Å². The van der Waals surface area contributed by atoms with E-state index in [0.717, 1.165) is 52.0 Å². The molecule has 26 heavy (non-hydrogen) atoms. The third-order valence-electron chi connectivity index (χ3n) is 5.61. The Hall–Kier alpha value is -1.51. The van der Waals surface area contributed by atoms with Crippen LogP contribution in [-0.2, 0) is 9.47 Å². The Balaban J connectivity index is 1.33. The maximum absolute atomic E-state index is 14.1. The fraction of sp³-hybridized carbons (Fsp3) is 0.778. The van der Waals surface area contributed by atoms with Crippen LogP contribution >= 0.6 is 0 Å². The molecule has 8 heteroatoms. The van der Waals surface area contributed by atoms with Crippen LogP contribution in [0.1, 0.15) is 25.7 Å². The van der Waals surface area contributed by atoms with Gasteiger partial charge in [-0.3, -0.25) is 0 Å². The maximum atomic E-state index is 14.1. The molecule has 3 aliphatic rings. The van der Waals surface area contributed by atoms with Gasteiger partial charge in [-0.1, -0.05) is 0 Å². The van der Waals surface area contributed by atoms with Gasteiger partial charge in [0, 0.05) is 51.5 Å². The predicted octanol–water partition coefficient (Wildman–Crippen LogP) is 1.51. The molecule has 3 saturated heterocycles. The first-order valence-corrected chi connectivity index (χ1v) is 9.73. The summed E-state index contributed by atoms with van der Waals surface area (Å²) in [6.45, 7) is 6.48. The number of ether oxygens (including phenoxy) is 2. The Morgan fingerprint density at radius 3 is 2.38 bits per heavy atom. The maximum Gasteiger partial charge on any atom is 0.225 e. The van der Waals surface area contributed by atoms with Crippen LogP contribution in [0, 0.1) is 5.82 Å². The number of halogens is 1. The van der Waals surface area contributed by atoms with Gasteiger partial charge in [-0.25, -0.2) is 9.37 Å². The van der Waals surface area contributed by atoms with Crippen molar-refractivity contribution in [3.8, 4) is 0 Å². The minimum Gasteiger partial charge on any atom is -0.381 e. The molecule has 0 saturated carbocycles. The summed E-state index contributed by atoms with van der Waals surface area (Å²) in [6.07, 6.45) is 5.68. The number of rotatable bonds is 4. The van der Waals surface area contributed by atoms with Crippen molar-refractivity contribution in [3.63, 3.8) is 0 Å². The minimum absolute atomic E-state index is 0.342. The van der Waals surface area contributed by atoms with Crippen LogP contribution in [0.3, 0.4) is 0 Å². The highest BCUT2D eigenvalue weighted by Crippen LogP contribution is 2.23. The topological polar surface area (TPSA) is 62.8 Å². The van der Waals surface area contributed by atoms with E-state index in [-0.39, 0.29) is 5.82 Å². The van der Waals surface area contributed by atoms with Crippen LogP contribution in [0.4, 0.5) is 16.2 Å². The summed E-state index contributed by atoms with van der Waals surface area (Å²) in [5.41, 5.74) is 0. The quantitative estimate of drug-likeness (QED) is 0.868. The number of likely N-dealkylation sites (tertiary alicyclic amines) is 1. The molecule has 1 aromatic heterocycles. The second-order valence-electron chi connectivity index (χ2n) is 7.26. The Bertz CT molecular complexity index is 585. The van der Waals surface area contributed by atoms with Gasteiger partial charge < -0.3 is 24.6 Å². The van der Waals surface area contributed by atoms with E-state index in [0.29, 0.717) is 50.2 Å². The van der Waals surface area contributed by atoms with Crippen LogP contribution in [0.2, 0.25) is 0 Å². The first-order valence-electron chi connectivity index (χ1n) is 9.73. The highest BCUT2D eigenvalue weighted by Gasteiger charge is 2.27. The highest BCUT2D eigenvalue weighted by atomic mass is 19.1. The zero-order valence-electron chi connectivity index (χ0n) is 15.2. The van der Waals surface area contributed by atoms with E-state index in [9.17, 15) is 4.39 Å². The fourth-order valence-electron chi connectivity index (χ4n) is 4.07. The number of nitrogens with one attached hydrogen (secondary N) is 1. The van der Waals surface area contributed by atoms with Gasteiger partial charge in [0.05, 0.1) is 19.4 Å². The van der Waals surface area contributed by atoms with E-state index < -0.39 is 0 Å². The molecule has 0 atom stereocenters. The number of morpholine rings is 1. The van der Waals surface area contributed by atoms with Gasteiger partial charge in [0.25, 0.3) is 0 Å². The molecule has 0 unspecified atom stereocenters. The highest BCUT2D eigenvalue weighted by molar-refractivity contribution is 5.44. The van der Waals surface area contributed by atoms with Crippen molar-refractivity contribution in [3.05, 3.63) is 12.0 Å². The number of nitrogens with zero attached hydrogens (tertiary/aromatic N) is 4. The Morgan fingerprint density at radius 1 is 0.962 bits per heavy atom. The molecule has 4 heterocycles. The number of anilines is 2. The summed E-state index contributed by atoms with van der Waals surface area (Å²) in [5, 5.41) is 3.41. The largest absolute Gasteiger partial charge is 0.381 e. The molecule has 4 rings (SSSR count). The Labute approximate surface area is 153 Å². The van der Waals surface area contributed by atoms with Crippen molar-refractivity contribution in [1.29, 1.82) is 0 Å². The third-order valence-corrected chi connectivity index (χ3v) is 5.61. The normalized spacial score (nSPS) is 24.0. The summed E-state index contributed by atoms with van der Waals surface area (Å²) in [7, 11) is 0. The van der Waals surface area contributed by atoms with Crippen LogP contribution in [0.25, 0.3) is 0 Å². The number of piperidine rings is 1. The summed E-state index contributed by atoms with van der Waals surface area (Å²) < 4.78 is 24.9. The summed E-state index contributed by atoms with van der Waals surface area (Å²) in [5.74, 6) is 0.537. The molecule has 3 aliphatic heterocycles. The van der Waals surface area contributed by atoms with Crippen molar-refractivity contribution in [2.45, 2.75) is 37.8 Å². The van der Waals surface area contributed by atoms with Crippen LogP contribution < -0.4 is 10.2 Å². The molecule has 1 aromatic rings. The van der Waals surface area contributed by atoms with Crippen LogP contribution in [0.15, 0.2) is 6.20 Å². The summed E-state index contributed by atoms with van der Waals surface area (Å²) in [6, 6.07) is 1.01. The first-order chi connectivity index (χ1) is 12.8. The van der Waals surface area contributed by atoms with Gasteiger partial charge in [-0.15, -0.1) is 0 Å². The van der Waals surface area contributed by atoms with E-state index in [1.807, 2.05) is 4.90 Å². The van der Waals surface area contributed by atoms with E-state index in [1.165, 1.54) is 6.20 Å². The molecular weight excluding hydrogens is 337 g/mol. The molecule has 1 N–H and O–H groups in total. The van der Waals surface area contributed by atoms with E-state index in [1.54, 1.807) is 0 Å². The zero-order chi connectivity index (χ0) is 17.8. The van der Waals surface area contributed by atoms with Crippen molar-refractivity contribution < 1.29 is 13.9 Å². The predicted molar refractivity (Wildman–Crippen MR) is 97.1 cm³/mol. The molecule has 0 radical (unpaired) electrons. The molecule has 0 bridgehead atoms. The van der Waals surface area contributed by atoms with E-state index in [4.69, 9.17) is 9.47 Å². The fourth-order valence-corrected chi connectivity index (χ4v) is 4.07. The van der Waals surface area contributed by atoms with Gasteiger partial charge in [-0.2, -0.15) is 4.98 Å².